The molecule has 2 heterocycles. The molecule has 0 bridgehead atoms. The number of rotatable bonds is 7. The van der Waals surface area contributed by atoms with Crippen molar-refractivity contribution in [3.8, 4) is 0 Å². The summed E-state index contributed by atoms with van der Waals surface area (Å²) < 4.78 is 1.75. The molecule has 1 aliphatic carbocycles. The SMILES string of the molecule is CCCn1c(SC(C)C(=O)NCc2ccccc2Cl)nc2sc3c(c2c1=O)CCC3. The van der Waals surface area contributed by atoms with E-state index in [-0.39, 0.29) is 16.7 Å². The van der Waals surface area contributed by atoms with Gasteiger partial charge in [0.25, 0.3) is 5.56 Å². The van der Waals surface area contributed by atoms with E-state index in [9.17, 15) is 9.59 Å². The molecule has 158 valence electrons. The lowest BCUT2D eigenvalue weighted by Gasteiger charge is -2.16. The number of aromatic nitrogens is 2. The molecule has 0 saturated heterocycles. The van der Waals surface area contributed by atoms with Crippen LogP contribution in [0.2, 0.25) is 5.02 Å². The van der Waals surface area contributed by atoms with Crippen LogP contribution in [-0.4, -0.2) is 20.7 Å². The first kappa shape index (κ1) is 21.4. The molecule has 5 nitrogen and oxygen atoms in total. The summed E-state index contributed by atoms with van der Waals surface area (Å²) in [5.74, 6) is -0.106. The highest BCUT2D eigenvalue weighted by Crippen LogP contribution is 2.36. The molecule has 1 aromatic carbocycles. The third-order valence-corrected chi connectivity index (χ3v) is 7.94. The van der Waals surface area contributed by atoms with Crippen LogP contribution in [0.5, 0.6) is 0 Å². The summed E-state index contributed by atoms with van der Waals surface area (Å²) in [4.78, 5) is 32.9. The zero-order valence-corrected chi connectivity index (χ0v) is 19.4. The first-order valence-corrected chi connectivity index (χ1v) is 12.3. The van der Waals surface area contributed by atoms with E-state index in [1.165, 1.54) is 22.2 Å². The first-order chi connectivity index (χ1) is 14.5. The smallest absolute Gasteiger partial charge is 0.263 e. The minimum atomic E-state index is -0.383. The Morgan fingerprint density at radius 2 is 2.17 bits per heavy atom. The Balaban J connectivity index is 1.56. The number of halogens is 1. The lowest BCUT2D eigenvalue weighted by molar-refractivity contribution is -0.120. The van der Waals surface area contributed by atoms with Gasteiger partial charge in [-0.2, -0.15) is 0 Å². The van der Waals surface area contributed by atoms with Gasteiger partial charge in [-0.15, -0.1) is 11.3 Å². The van der Waals surface area contributed by atoms with Crippen LogP contribution in [0.15, 0.2) is 34.2 Å². The Hall–Kier alpha value is -1.83. The highest BCUT2D eigenvalue weighted by molar-refractivity contribution is 8.00. The Morgan fingerprint density at radius 1 is 1.37 bits per heavy atom. The molecule has 0 fully saturated rings. The molecule has 3 aromatic rings. The summed E-state index contributed by atoms with van der Waals surface area (Å²) in [6.07, 6.45) is 3.95. The van der Waals surface area contributed by atoms with Crippen molar-refractivity contribution in [2.45, 2.75) is 63.0 Å². The molecule has 1 N–H and O–H groups in total. The Kier molecular flexibility index (Phi) is 6.51. The van der Waals surface area contributed by atoms with E-state index >= 15 is 0 Å². The van der Waals surface area contributed by atoms with Crippen LogP contribution in [-0.2, 0) is 30.7 Å². The molecule has 0 saturated carbocycles. The van der Waals surface area contributed by atoms with E-state index in [2.05, 4.69) is 5.32 Å². The van der Waals surface area contributed by atoms with E-state index in [0.717, 1.165) is 41.5 Å². The lowest BCUT2D eigenvalue weighted by atomic mass is 10.2. The summed E-state index contributed by atoms with van der Waals surface area (Å²) >= 11 is 9.15. The molecular weight excluding hydrogens is 438 g/mol. The van der Waals surface area contributed by atoms with Crippen LogP contribution in [0.3, 0.4) is 0 Å². The fourth-order valence-electron chi connectivity index (χ4n) is 3.75. The number of carbonyl (C=O) groups is 1. The summed E-state index contributed by atoms with van der Waals surface area (Å²) in [6.45, 7) is 4.86. The van der Waals surface area contributed by atoms with Crippen molar-refractivity contribution in [2.75, 3.05) is 0 Å². The monoisotopic (exact) mass is 461 g/mol. The molecule has 30 heavy (non-hydrogen) atoms. The maximum Gasteiger partial charge on any atom is 0.263 e. The number of fused-ring (bicyclic) bond motifs is 3. The molecule has 8 heteroatoms. The van der Waals surface area contributed by atoms with Crippen LogP contribution in [0.25, 0.3) is 10.2 Å². The average Bonchev–Trinajstić information content (AvgIpc) is 3.30. The van der Waals surface area contributed by atoms with Crippen molar-refractivity contribution in [1.29, 1.82) is 0 Å². The fourth-order valence-corrected chi connectivity index (χ4v) is 6.21. The second kappa shape index (κ2) is 9.12. The topological polar surface area (TPSA) is 64.0 Å². The standard InChI is InChI=1S/C22H24ClN3O2S2/c1-3-11-26-21(28)18-15-8-6-10-17(15)30-20(18)25-22(26)29-13(2)19(27)24-12-14-7-4-5-9-16(14)23/h4-5,7,9,13H,3,6,8,10-12H2,1-2H3,(H,24,27). The molecular formula is C22H24ClN3O2S2. The zero-order chi connectivity index (χ0) is 21.3. The van der Waals surface area contributed by atoms with Crippen molar-refractivity contribution in [2.24, 2.45) is 0 Å². The van der Waals surface area contributed by atoms with Gasteiger partial charge in [0, 0.05) is 23.0 Å². The molecule has 0 aliphatic heterocycles. The van der Waals surface area contributed by atoms with E-state index in [4.69, 9.17) is 16.6 Å². The van der Waals surface area contributed by atoms with Crippen molar-refractivity contribution >= 4 is 50.8 Å². The van der Waals surface area contributed by atoms with Gasteiger partial charge in [0.1, 0.15) is 4.83 Å². The van der Waals surface area contributed by atoms with Gasteiger partial charge in [0.15, 0.2) is 5.16 Å². The van der Waals surface area contributed by atoms with Gasteiger partial charge >= 0.3 is 0 Å². The Labute approximate surface area is 188 Å². The number of nitrogens with zero attached hydrogens (tertiary/aromatic N) is 2. The third kappa shape index (κ3) is 4.15. The van der Waals surface area contributed by atoms with Gasteiger partial charge in [0.05, 0.1) is 10.6 Å². The number of hydrogen-bond acceptors (Lipinski definition) is 5. The van der Waals surface area contributed by atoms with E-state index in [0.29, 0.717) is 23.3 Å². The van der Waals surface area contributed by atoms with Gasteiger partial charge in [-0.3, -0.25) is 14.2 Å². The third-order valence-electron chi connectivity index (χ3n) is 5.30. The molecule has 0 radical (unpaired) electrons. The van der Waals surface area contributed by atoms with E-state index in [1.807, 2.05) is 38.1 Å². The highest BCUT2D eigenvalue weighted by atomic mass is 35.5. The number of nitrogens with one attached hydrogen (secondary N) is 1. The summed E-state index contributed by atoms with van der Waals surface area (Å²) in [5, 5.41) is 4.60. The Morgan fingerprint density at radius 3 is 2.93 bits per heavy atom. The van der Waals surface area contributed by atoms with Crippen molar-refractivity contribution in [1.82, 2.24) is 14.9 Å². The number of thiophene rings is 1. The van der Waals surface area contributed by atoms with Crippen molar-refractivity contribution in [3.63, 3.8) is 0 Å². The van der Waals surface area contributed by atoms with Gasteiger partial charge in [-0.1, -0.05) is 48.5 Å². The molecule has 0 spiro atoms. The largest absolute Gasteiger partial charge is 0.351 e. The minimum Gasteiger partial charge on any atom is -0.351 e. The molecule has 4 rings (SSSR count). The van der Waals surface area contributed by atoms with Crippen LogP contribution >= 0.6 is 34.7 Å². The minimum absolute atomic E-state index is 0.0347. The van der Waals surface area contributed by atoms with E-state index in [1.54, 1.807) is 15.9 Å². The van der Waals surface area contributed by atoms with Crippen molar-refractivity contribution < 1.29 is 4.79 Å². The molecule has 1 atom stereocenters. The maximum absolute atomic E-state index is 13.3. The predicted molar refractivity (Wildman–Crippen MR) is 125 cm³/mol. The van der Waals surface area contributed by atoms with Gasteiger partial charge in [-0.25, -0.2) is 4.98 Å². The normalized spacial score (nSPS) is 14.1. The van der Waals surface area contributed by atoms with Crippen LogP contribution in [0, 0.1) is 0 Å². The Bertz CT molecular complexity index is 1160. The first-order valence-electron chi connectivity index (χ1n) is 10.2. The maximum atomic E-state index is 13.3. The average molecular weight is 462 g/mol. The highest BCUT2D eigenvalue weighted by Gasteiger charge is 2.25. The molecule has 2 aromatic heterocycles. The molecule has 1 unspecified atom stereocenters. The summed E-state index contributed by atoms with van der Waals surface area (Å²) in [7, 11) is 0. The number of amides is 1. The molecule has 1 aliphatic rings. The number of benzene rings is 1. The second-order valence-electron chi connectivity index (χ2n) is 7.46. The van der Waals surface area contributed by atoms with Crippen LogP contribution < -0.4 is 10.9 Å². The van der Waals surface area contributed by atoms with Crippen LogP contribution in [0.1, 0.15) is 42.7 Å². The summed E-state index contributed by atoms with van der Waals surface area (Å²) in [6, 6.07) is 7.46. The summed E-state index contributed by atoms with van der Waals surface area (Å²) in [5.41, 5.74) is 2.10. The number of aryl methyl sites for hydroxylation is 2. The second-order valence-corrected chi connectivity index (χ2v) is 10.3. The quantitative estimate of drug-likeness (QED) is 0.405. The molecule has 1 amide bonds. The number of thioether (sulfide) groups is 1. The number of hydrogen-bond donors (Lipinski definition) is 1. The van der Waals surface area contributed by atoms with E-state index < -0.39 is 0 Å². The van der Waals surface area contributed by atoms with Crippen LogP contribution in [0.4, 0.5) is 0 Å². The van der Waals surface area contributed by atoms with Gasteiger partial charge in [-0.05, 0) is 49.8 Å². The van der Waals surface area contributed by atoms with Gasteiger partial charge in [0.2, 0.25) is 5.91 Å². The lowest BCUT2D eigenvalue weighted by Crippen LogP contribution is -2.31. The van der Waals surface area contributed by atoms with Gasteiger partial charge < -0.3 is 5.32 Å². The predicted octanol–water partition coefficient (Wildman–Crippen LogP) is 4.81. The zero-order valence-electron chi connectivity index (χ0n) is 17.0. The fraction of sp³-hybridized carbons (Fsp3) is 0.409. The van der Waals surface area contributed by atoms with Crippen molar-refractivity contribution in [3.05, 3.63) is 55.6 Å². The number of carbonyl (C=O) groups excluding carboxylic acids is 1.